The molecule has 1 aromatic heterocycles. The normalized spacial score (nSPS) is 11.6. The molecule has 1 heterocycles. The fraction of sp³-hybridized carbons (Fsp3) is 0.0192. The molecule has 0 radical (unpaired) electrons. The van der Waals surface area contributed by atoms with Gasteiger partial charge in [0.05, 0.1) is 0 Å². The van der Waals surface area contributed by atoms with Gasteiger partial charge in [-0.1, -0.05) is 194 Å². The fourth-order valence-corrected chi connectivity index (χ4v) is 7.85. The summed E-state index contributed by atoms with van der Waals surface area (Å²) in [6.45, 7) is 0. The average molecular weight is 702 g/mol. The molecule has 0 spiro atoms. The number of benzene rings is 8. The van der Waals surface area contributed by atoms with Crippen molar-refractivity contribution in [2.24, 2.45) is 0 Å². The van der Waals surface area contributed by atoms with Gasteiger partial charge >= 0.3 is 0 Å². The van der Waals surface area contributed by atoms with E-state index in [0.717, 1.165) is 28.7 Å². The molecule has 0 saturated heterocycles. The summed E-state index contributed by atoms with van der Waals surface area (Å²) >= 11 is 0. The number of nitrogens with zero attached hydrogens (tertiary/aromatic N) is 3. The van der Waals surface area contributed by atoms with E-state index >= 15 is 0 Å². The Morgan fingerprint density at radius 2 is 0.582 bits per heavy atom. The number of hydrogen-bond acceptors (Lipinski definition) is 3. The molecule has 3 nitrogen and oxygen atoms in total. The number of rotatable bonds is 7. The van der Waals surface area contributed by atoms with Crippen LogP contribution in [0, 0.1) is 0 Å². The summed E-state index contributed by atoms with van der Waals surface area (Å²) in [5, 5.41) is 0. The summed E-state index contributed by atoms with van der Waals surface area (Å²) in [4.78, 5) is 15.3. The number of hydrogen-bond donors (Lipinski definition) is 0. The minimum atomic E-state index is 0.659. The maximum Gasteiger partial charge on any atom is 0.164 e. The Hall–Kier alpha value is -7.23. The molecule has 3 heteroatoms. The van der Waals surface area contributed by atoms with E-state index in [0.29, 0.717) is 17.5 Å². The second-order valence-electron chi connectivity index (χ2n) is 14.0. The Balaban J connectivity index is 1.01. The van der Waals surface area contributed by atoms with Crippen LogP contribution in [0.3, 0.4) is 0 Å². The third-order valence-electron chi connectivity index (χ3n) is 10.7. The topological polar surface area (TPSA) is 38.7 Å². The standard InChI is InChI=1S/C52H35N3/c1-4-13-35(14-5-1)37-27-31-41(32-28-37)51-53-50(40-17-8-3-9-18-40)54-52(55-51)47-24-12-23-46-45-22-11-21-44(48(45)34-49(46)47)39-29-25-38(26-30-39)43-20-10-19-42(33-43)36-15-6-2-7-16-36/h1-33H,34H2. The van der Waals surface area contributed by atoms with E-state index in [1.54, 1.807) is 0 Å². The van der Waals surface area contributed by atoms with Crippen LogP contribution in [0.15, 0.2) is 200 Å². The van der Waals surface area contributed by atoms with Gasteiger partial charge in [-0.05, 0) is 72.8 Å². The quantitative estimate of drug-likeness (QED) is 0.166. The van der Waals surface area contributed by atoms with Crippen molar-refractivity contribution in [3.8, 4) is 89.8 Å². The molecule has 10 rings (SSSR count). The van der Waals surface area contributed by atoms with Gasteiger partial charge in [0.15, 0.2) is 17.5 Å². The van der Waals surface area contributed by atoms with Gasteiger partial charge in [0, 0.05) is 23.1 Å². The second-order valence-corrected chi connectivity index (χ2v) is 14.0. The van der Waals surface area contributed by atoms with Crippen molar-refractivity contribution < 1.29 is 0 Å². The minimum absolute atomic E-state index is 0.659. The Morgan fingerprint density at radius 3 is 1.16 bits per heavy atom. The summed E-state index contributed by atoms with van der Waals surface area (Å²) in [7, 11) is 0. The largest absolute Gasteiger partial charge is 0.208 e. The SMILES string of the molecule is c1ccc(-c2ccc(-c3nc(-c4ccccc4)nc(-c4cccc5c4Cc4c(-c6ccc(-c7cccc(-c8ccccc8)c7)cc6)cccc4-5)n3)cc2)cc1. The lowest BCUT2D eigenvalue weighted by Gasteiger charge is -2.12. The predicted molar refractivity (Wildman–Crippen MR) is 226 cm³/mol. The number of fused-ring (bicyclic) bond motifs is 3. The second kappa shape index (κ2) is 14.0. The molecule has 0 amide bonds. The van der Waals surface area contributed by atoms with Crippen molar-refractivity contribution in [2.45, 2.75) is 6.42 Å². The van der Waals surface area contributed by atoms with Crippen molar-refractivity contribution in [3.63, 3.8) is 0 Å². The van der Waals surface area contributed by atoms with Crippen LogP contribution in [0.25, 0.3) is 89.8 Å². The highest BCUT2D eigenvalue weighted by atomic mass is 15.0. The summed E-state index contributed by atoms with van der Waals surface area (Å²) in [5.74, 6) is 2.01. The van der Waals surface area contributed by atoms with Crippen molar-refractivity contribution >= 4 is 0 Å². The Labute approximate surface area is 321 Å². The van der Waals surface area contributed by atoms with Crippen molar-refractivity contribution in [3.05, 3.63) is 211 Å². The van der Waals surface area contributed by atoms with Crippen LogP contribution >= 0.6 is 0 Å². The smallest absolute Gasteiger partial charge is 0.164 e. The lowest BCUT2D eigenvalue weighted by molar-refractivity contribution is 1.07. The van der Waals surface area contributed by atoms with Crippen molar-refractivity contribution in [1.29, 1.82) is 0 Å². The monoisotopic (exact) mass is 701 g/mol. The van der Waals surface area contributed by atoms with Crippen molar-refractivity contribution in [2.75, 3.05) is 0 Å². The average Bonchev–Trinajstić information content (AvgIpc) is 3.67. The molecular formula is C52H35N3. The molecule has 9 aromatic rings. The first-order chi connectivity index (χ1) is 27.2. The van der Waals surface area contributed by atoms with Gasteiger partial charge in [-0.15, -0.1) is 0 Å². The fourth-order valence-electron chi connectivity index (χ4n) is 7.85. The molecule has 1 aliphatic rings. The molecule has 0 bridgehead atoms. The van der Waals surface area contributed by atoms with E-state index in [1.807, 2.05) is 24.3 Å². The predicted octanol–water partition coefficient (Wildman–Crippen LogP) is 13.1. The number of aromatic nitrogens is 3. The lowest BCUT2D eigenvalue weighted by atomic mass is 9.93. The van der Waals surface area contributed by atoms with Gasteiger partial charge in [0.1, 0.15) is 0 Å². The summed E-state index contributed by atoms with van der Waals surface area (Å²) in [6.07, 6.45) is 0.797. The summed E-state index contributed by atoms with van der Waals surface area (Å²) < 4.78 is 0. The highest BCUT2D eigenvalue weighted by molar-refractivity contribution is 5.89. The molecule has 0 saturated carbocycles. The zero-order valence-corrected chi connectivity index (χ0v) is 30.1. The van der Waals surface area contributed by atoms with E-state index in [9.17, 15) is 0 Å². The molecule has 55 heavy (non-hydrogen) atoms. The molecule has 0 aliphatic heterocycles. The van der Waals surface area contributed by atoms with Crippen LogP contribution < -0.4 is 0 Å². The van der Waals surface area contributed by atoms with Crippen LogP contribution in [-0.4, -0.2) is 15.0 Å². The first-order valence-corrected chi connectivity index (χ1v) is 18.7. The molecule has 0 unspecified atom stereocenters. The highest BCUT2D eigenvalue weighted by Gasteiger charge is 2.26. The lowest BCUT2D eigenvalue weighted by Crippen LogP contribution is -2.02. The van der Waals surface area contributed by atoms with Gasteiger partial charge in [0.25, 0.3) is 0 Å². The molecular weight excluding hydrogens is 667 g/mol. The van der Waals surface area contributed by atoms with Gasteiger partial charge in [-0.2, -0.15) is 0 Å². The van der Waals surface area contributed by atoms with Crippen molar-refractivity contribution in [1.82, 2.24) is 15.0 Å². The van der Waals surface area contributed by atoms with Crippen LogP contribution in [0.2, 0.25) is 0 Å². The van der Waals surface area contributed by atoms with E-state index < -0.39 is 0 Å². The molecule has 0 fully saturated rings. The van der Waals surface area contributed by atoms with E-state index in [4.69, 9.17) is 15.0 Å². The Kier molecular flexibility index (Phi) is 8.23. The van der Waals surface area contributed by atoms with Gasteiger partial charge in [-0.3, -0.25) is 0 Å². The van der Waals surface area contributed by atoms with Gasteiger partial charge in [0.2, 0.25) is 0 Å². The third kappa shape index (κ3) is 6.22. The maximum atomic E-state index is 5.16. The zero-order valence-electron chi connectivity index (χ0n) is 30.1. The Bertz CT molecular complexity index is 2790. The highest BCUT2D eigenvalue weighted by Crippen LogP contribution is 2.45. The first kappa shape index (κ1) is 32.4. The van der Waals surface area contributed by atoms with Crippen LogP contribution in [0.1, 0.15) is 11.1 Å². The van der Waals surface area contributed by atoms with E-state index in [2.05, 4.69) is 176 Å². The molecule has 1 aliphatic carbocycles. The van der Waals surface area contributed by atoms with E-state index in [1.165, 1.54) is 61.2 Å². The van der Waals surface area contributed by atoms with Crippen LogP contribution in [0.4, 0.5) is 0 Å². The first-order valence-electron chi connectivity index (χ1n) is 18.7. The van der Waals surface area contributed by atoms with Gasteiger partial charge < -0.3 is 0 Å². The van der Waals surface area contributed by atoms with Gasteiger partial charge in [-0.25, -0.2) is 15.0 Å². The zero-order chi connectivity index (χ0) is 36.6. The minimum Gasteiger partial charge on any atom is -0.208 e. The van der Waals surface area contributed by atoms with E-state index in [-0.39, 0.29) is 0 Å². The molecule has 8 aromatic carbocycles. The molecule has 258 valence electrons. The molecule has 0 N–H and O–H groups in total. The molecule has 0 atom stereocenters. The van der Waals surface area contributed by atoms with Crippen LogP contribution in [0.5, 0.6) is 0 Å². The third-order valence-corrected chi connectivity index (χ3v) is 10.7. The summed E-state index contributed by atoms with van der Waals surface area (Å²) in [5.41, 5.74) is 17.7. The summed E-state index contributed by atoms with van der Waals surface area (Å²) in [6, 6.07) is 70.7. The Morgan fingerprint density at radius 1 is 0.236 bits per heavy atom. The maximum absolute atomic E-state index is 5.16. The van der Waals surface area contributed by atoms with Crippen LogP contribution in [-0.2, 0) is 6.42 Å².